The maximum Gasteiger partial charge on any atom is 0.252 e. The highest BCUT2D eigenvalue weighted by Crippen LogP contribution is 2.23. The summed E-state index contributed by atoms with van der Waals surface area (Å²) in [6.07, 6.45) is 6.05. The number of nitrogens with one attached hydrogen (secondary N) is 2. The molecule has 36 heavy (non-hydrogen) atoms. The van der Waals surface area contributed by atoms with Gasteiger partial charge in [-0.05, 0) is 74.5 Å². The molecule has 4 rings (SSSR count). The molecule has 0 unspecified atom stereocenters. The summed E-state index contributed by atoms with van der Waals surface area (Å²) in [5.41, 5.74) is 3.62. The summed E-state index contributed by atoms with van der Waals surface area (Å²) in [5.74, 6) is -0.328. The maximum atomic E-state index is 13.4. The molecule has 188 valence electrons. The molecule has 1 fully saturated rings. The summed E-state index contributed by atoms with van der Waals surface area (Å²) < 4.78 is 0. The molecule has 0 aliphatic carbocycles. The summed E-state index contributed by atoms with van der Waals surface area (Å²) in [6, 6.07) is 27.0. The van der Waals surface area contributed by atoms with Crippen molar-refractivity contribution in [2.75, 3.05) is 26.2 Å². The van der Waals surface area contributed by atoms with Crippen LogP contribution in [0.2, 0.25) is 0 Å². The van der Waals surface area contributed by atoms with Crippen LogP contribution in [0.1, 0.15) is 48.0 Å². The summed E-state index contributed by atoms with van der Waals surface area (Å²) in [5, 5.41) is 6.12. The van der Waals surface area contributed by atoms with Gasteiger partial charge < -0.3 is 15.5 Å². The van der Waals surface area contributed by atoms with Crippen molar-refractivity contribution in [3.8, 4) is 11.1 Å². The van der Waals surface area contributed by atoms with E-state index in [0.717, 1.165) is 43.6 Å². The third kappa shape index (κ3) is 7.53. The minimum Gasteiger partial charge on any atom is -0.354 e. The summed E-state index contributed by atoms with van der Waals surface area (Å²) in [6.45, 7) is 3.77. The van der Waals surface area contributed by atoms with E-state index in [2.05, 4.69) is 27.7 Å². The van der Waals surface area contributed by atoms with E-state index >= 15 is 0 Å². The van der Waals surface area contributed by atoms with E-state index < -0.39 is 6.04 Å². The second-order valence-electron chi connectivity index (χ2n) is 9.51. The van der Waals surface area contributed by atoms with Crippen molar-refractivity contribution in [1.82, 2.24) is 15.5 Å². The summed E-state index contributed by atoms with van der Waals surface area (Å²) in [4.78, 5) is 29.1. The topological polar surface area (TPSA) is 61.4 Å². The number of carbonyl (C=O) groups excluding carboxylic acids is 2. The molecule has 3 aromatic carbocycles. The smallest absolute Gasteiger partial charge is 0.252 e. The molecule has 1 aliphatic heterocycles. The Morgan fingerprint density at radius 2 is 1.47 bits per heavy atom. The van der Waals surface area contributed by atoms with Gasteiger partial charge in [0.1, 0.15) is 6.04 Å². The normalized spacial score (nSPS) is 14.7. The van der Waals surface area contributed by atoms with Gasteiger partial charge in [0.05, 0.1) is 0 Å². The van der Waals surface area contributed by atoms with Gasteiger partial charge in [-0.15, -0.1) is 0 Å². The van der Waals surface area contributed by atoms with Crippen LogP contribution in [0.25, 0.3) is 11.1 Å². The second-order valence-corrected chi connectivity index (χ2v) is 9.51. The fraction of sp³-hybridized carbons (Fsp3) is 0.355. The van der Waals surface area contributed by atoms with E-state index in [1.807, 2.05) is 72.8 Å². The molecular formula is C31H37N3O2. The van der Waals surface area contributed by atoms with Gasteiger partial charge in [-0.2, -0.15) is 0 Å². The third-order valence-electron chi connectivity index (χ3n) is 6.85. The zero-order valence-electron chi connectivity index (χ0n) is 21.0. The highest BCUT2D eigenvalue weighted by atomic mass is 16.2. The van der Waals surface area contributed by atoms with Crippen molar-refractivity contribution >= 4 is 11.8 Å². The monoisotopic (exact) mass is 483 g/mol. The van der Waals surface area contributed by atoms with E-state index in [4.69, 9.17) is 0 Å². The van der Waals surface area contributed by atoms with Crippen LogP contribution in [0.5, 0.6) is 0 Å². The number of amides is 2. The molecule has 0 radical (unpaired) electrons. The van der Waals surface area contributed by atoms with E-state index in [1.165, 1.54) is 24.8 Å². The number of benzene rings is 3. The van der Waals surface area contributed by atoms with Gasteiger partial charge in [0.15, 0.2) is 0 Å². The predicted molar refractivity (Wildman–Crippen MR) is 146 cm³/mol. The molecule has 0 aromatic heterocycles. The van der Waals surface area contributed by atoms with Gasteiger partial charge in [0.2, 0.25) is 5.91 Å². The molecule has 2 N–H and O–H groups in total. The number of nitrogens with zero attached hydrogens (tertiary/aromatic N) is 1. The SMILES string of the molecule is O=C(N[C@H](CCCN1CCCCC1)C(=O)NCCc1ccccc1)c1ccccc1-c1ccccc1. The van der Waals surface area contributed by atoms with Crippen molar-refractivity contribution in [2.45, 2.75) is 44.6 Å². The zero-order valence-corrected chi connectivity index (χ0v) is 21.0. The van der Waals surface area contributed by atoms with Crippen molar-refractivity contribution in [2.24, 2.45) is 0 Å². The first-order valence-electron chi connectivity index (χ1n) is 13.2. The molecule has 1 saturated heterocycles. The summed E-state index contributed by atoms with van der Waals surface area (Å²) >= 11 is 0. The lowest BCUT2D eigenvalue weighted by atomic mass is 9.98. The Morgan fingerprint density at radius 1 is 0.806 bits per heavy atom. The molecule has 0 saturated carbocycles. The van der Waals surface area contributed by atoms with Crippen molar-refractivity contribution < 1.29 is 9.59 Å². The number of hydrogen-bond donors (Lipinski definition) is 2. The minimum absolute atomic E-state index is 0.116. The van der Waals surface area contributed by atoms with Crippen molar-refractivity contribution in [3.05, 3.63) is 96.1 Å². The average Bonchev–Trinajstić information content (AvgIpc) is 2.94. The van der Waals surface area contributed by atoms with Gasteiger partial charge in [-0.3, -0.25) is 9.59 Å². The van der Waals surface area contributed by atoms with Crippen LogP contribution >= 0.6 is 0 Å². The third-order valence-corrected chi connectivity index (χ3v) is 6.85. The van der Waals surface area contributed by atoms with E-state index in [-0.39, 0.29) is 11.8 Å². The first-order chi connectivity index (χ1) is 17.7. The molecule has 1 heterocycles. The molecule has 3 aromatic rings. The Labute approximate surface area is 214 Å². The quantitative estimate of drug-likeness (QED) is 0.400. The molecular weight excluding hydrogens is 446 g/mol. The Hall–Kier alpha value is -3.44. The van der Waals surface area contributed by atoms with Crippen LogP contribution < -0.4 is 10.6 Å². The number of piperidine rings is 1. The minimum atomic E-state index is -0.568. The highest BCUT2D eigenvalue weighted by molar-refractivity contribution is 6.02. The lowest BCUT2D eigenvalue weighted by Gasteiger charge is -2.27. The Morgan fingerprint density at radius 3 is 2.22 bits per heavy atom. The van der Waals surface area contributed by atoms with Crippen molar-refractivity contribution in [3.63, 3.8) is 0 Å². The first-order valence-corrected chi connectivity index (χ1v) is 13.2. The number of rotatable bonds is 11. The van der Waals surface area contributed by atoms with Gasteiger partial charge in [-0.1, -0.05) is 85.3 Å². The van der Waals surface area contributed by atoms with Crippen LogP contribution in [0.15, 0.2) is 84.9 Å². The predicted octanol–water partition coefficient (Wildman–Crippen LogP) is 5.08. The average molecular weight is 484 g/mol. The van der Waals surface area contributed by atoms with Crippen LogP contribution in [0.4, 0.5) is 0 Å². The largest absolute Gasteiger partial charge is 0.354 e. The van der Waals surface area contributed by atoms with Gasteiger partial charge >= 0.3 is 0 Å². The standard InChI is InChI=1S/C31H37N3O2/c35-30(28-18-9-8-17-27(28)26-15-6-2-7-16-26)33-29(19-12-24-34-22-10-3-11-23-34)31(36)32-21-20-25-13-4-1-5-14-25/h1-2,4-9,13-18,29H,3,10-12,19-24H2,(H,32,36)(H,33,35)/t29-/m1/s1. The first kappa shape index (κ1) is 25.6. The van der Waals surface area contributed by atoms with Gasteiger partial charge in [0, 0.05) is 12.1 Å². The van der Waals surface area contributed by atoms with Crippen LogP contribution in [-0.2, 0) is 11.2 Å². The molecule has 1 aliphatic rings. The molecule has 1 atom stereocenters. The lowest BCUT2D eigenvalue weighted by molar-refractivity contribution is -0.123. The maximum absolute atomic E-state index is 13.4. The van der Waals surface area contributed by atoms with Crippen molar-refractivity contribution in [1.29, 1.82) is 0 Å². The molecule has 0 spiro atoms. The molecule has 0 bridgehead atoms. The van der Waals surface area contributed by atoms with Gasteiger partial charge in [-0.25, -0.2) is 0 Å². The molecule has 5 nitrogen and oxygen atoms in total. The fourth-order valence-corrected chi connectivity index (χ4v) is 4.86. The van der Waals surface area contributed by atoms with Crippen LogP contribution in [0.3, 0.4) is 0 Å². The molecule has 2 amide bonds. The highest BCUT2D eigenvalue weighted by Gasteiger charge is 2.23. The number of carbonyl (C=O) groups is 2. The Balaban J connectivity index is 1.41. The molecule has 5 heteroatoms. The van der Waals surface area contributed by atoms with E-state index in [9.17, 15) is 9.59 Å². The zero-order chi connectivity index (χ0) is 25.0. The fourth-order valence-electron chi connectivity index (χ4n) is 4.86. The number of likely N-dealkylation sites (tertiary alicyclic amines) is 1. The van der Waals surface area contributed by atoms with Crippen LogP contribution in [0, 0.1) is 0 Å². The summed E-state index contributed by atoms with van der Waals surface area (Å²) in [7, 11) is 0. The van der Waals surface area contributed by atoms with E-state index in [0.29, 0.717) is 18.5 Å². The Bertz CT molecular complexity index is 1100. The second kappa shape index (κ2) is 13.6. The van der Waals surface area contributed by atoms with Crippen LogP contribution in [-0.4, -0.2) is 48.9 Å². The van der Waals surface area contributed by atoms with Gasteiger partial charge in [0.25, 0.3) is 5.91 Å². The Kier molecular flexibility index (Phi) is 9.69. The van der Waals surface area contributed by atoms with E-state index in [1.54, 1.807) is 0 Å². The number of hydrogen-bond acceptors (Lipinski definition) is 3. The lowest BCUT2D eigenvalue weighted by Crippen LogP contribution is -2.47.